The number of fused-ring (bicyclic) bond motifs is 1. The van der Waals surface area contributed by atoms with Gasteiger partial charge in [-0.05, 0) is 66.3 Å². The number of hydrogen-bond donors (Lipinski definition) is 2. The quantitative estimate of drug-likeness (QED) is 0.190. The Hall–Kier alpha value is -3.60. The maximum absolute atomic E-state index is 14.6. The number of carbonyl (C=O) groups excluding carboxylic acids is 2. The number of benzene rings is 2. The summed E-state index contributed by atoms with van der Waals surface area (Å²) in [6.07, 6.45) is 2.70. The number of rotatable bonds is 6. The molecule has 0 saturated heterocycles. The van der Waals surface area contributed by atoms with E-state index in [0.717, 1.165) is 18.4 Å². The summed E-state index contributed by atoms with van der Waals surface area (Å²) < 4.78 is 36.1. The van der Waals surface area contributed by atoms with Gasteiger partial charge in [-0.1, -0.05) is 101 Å². The van der Waals surface area contributed by atoms with Crippen LogP contribution in [0.2, 0.25) is 10.2 Å². The van der Waals surface area contributed by atoms with Crippen LogP contribution in [0.4, 0.5) is 5.82 Å². The molecule has 1 amide bonds. The molecule has 1 fully saturated rings. The molecule has 49 heavy (non-hydrogen) atoms. The fraction of sp³-hybridized carbons (Fsp3) is 0.432. The molecule has 1 aliphatic rings. The van der Waals surface area contributed by atoms with Gasteiger partial charge >= 0.3 is 5.97 Å². The number of carbonyl (C=O) groups is 2. The standard InChI is InChI=1S/C37H44Cl2N4O5S/c1-20-9-15-24(16-10-20)49(46,47)42-34(44)25-19-43-31(39)28(22-11-13-23(38)14-12-22)29(33(43)41-32(25)40)35(45)48-30-26(36(3,4)5)17-21(2)18-27(30)37(6,7)8/h9-16,19,21,26-27,30H,17-18H2,1-8H3,(H2,40,41)(H,42,44). The van der Waals surface area contributed by atoms with Crippen LogP contribution in [0.15, 0.2) is 59.6 Å². The molecule has 3 N–H and O–H groups in total. The molecule has 2 unspecified atom stereocenters. The van der Waals surface area contributed by atoms with E-state index in [4.69, 9.17) is 33.7 Å². The molecule has 5 rings (SSSR count). The van der Waals surface area contributed by atoms with Crippen molar-refractivity contribution in [2.45, 2.75) is 79.2 Å². The van der Waals surface area contributed by atoms with Crippen molar-refractivity contribution in [1.82, 2.24) is 14.1 Å². The second kappa shape index (κ2) is 13.3. The Morgan fingerprint density at radius 3 is 2.02 bits per heavy atom. The predicted octanol–water partition coefficient (Wildman–Crippen LogP) is 8.60. The number of esters is 1. The van der Waals surface area contributed by atoms with Gasteiger partial charge in [0.2, 0.25) is 0 Å². The topological polar surface area (TPSA) is 133 Å². The average Bonchev–Trinajstić information content (AvgIpc) is 3.27. The van der Waals surface area contributed by atoms with E-state index in [2.05, 4.69) is 58.2 Å². The van der Waals surface area contributed by atoms with E-state index in [1.807, 2.05) is 6.92 Å². The number of sulfonamides is 1. The summed E-state index contributed by atoms with van der Waals surface area (Å²) in [5.74, 6) is -1.30. The highest BCUT2D eigenvalue weighted by Crippen LogP contribution is 2.50. The van der Waals surface area contributed by atoms with Crippen LogP contribution in [0.25, 0.3) is 16.8 Å². The van der Waals surface area contributed by atoms with Crippen molar-refractivity contribution in [2.24, 2.45) is 28.6 Å². The summed E-state index contributed by atoms with van der Waals surface area (Å²) >= 11 is 13.2. The van der Waals surface area contributed by atoms with Gasteiger partial charge in [-0.2, -0.15) is 0 Å². The number of hydrogen-bond acceptors (Lipinski definition) is 7. The summed E-state index contributed by atoms with van der Waals surface area (Å²) in [6.45, 7) is 17.1. The minimum absolute atomic E-state index is 0.0595. The van der Waals surface area contributed by atoms with E-state index < -0.39 is 28.0 Å². The molecule has 9 nitrogen and oxygen atoms in total. The van der Waals surface area contributed by atoms with Crippen molar-refractivity contribution in [3.05, 3.63) is 81.6 Å². The maximum atomic E-state index is 14.6. The number of nitrogens with zero attached hydrogens (tertiary/aromatic N) is 2. The van der Waals surface area contributed by atoms with Gasteiger partial charge < -0.3 is 10.5 Å². The van der Waals surface area contributed by atoms with Gasteiger partial charge in [0.15, 0.2) is 5.65 Å². The van der Waals surface area contributed by atoms with Crippen LogP contribution in [0.1, 0.15) is 87.6 Å². The fourth-order valence-electron chi connectivity index (χ4n) is 6.90. The Kier molecular flexibility index (Phi) is 9.93. The monoisotopic (exact) mass is 726 g/mol. The Bertz CT molecular complexity index is 1990. The number of nitrogens with two attached hydrogens (primary N) is 1. The lowest BCUT2D eigenvalue weighted by molar-refractivity contribution is -0.0922. The van der Waals surface area contributed by atoms with E-state index in [0.29, 0.717) is 22.1 Å². The van der Waals surface area contributed by atoms with Crippen molar-refractivity contribution < 1.29 is 22.7 Å². The number of ether oxygens (including phenoxy) is 1. The lowest BCUT2D eigenvalue weighted by Gasteiger charge is -2.50. The number of aryl methyl sites for hydroxylation is 1. The average molecular weight is 728 g/mol. The van der Waals surface area contributed by atoms with Gasteiger partial charge in [0, 0.05) is 28.6 Å². The first-order valence-electron chi connectivity index (χ1n) is 16.3. The Balaban J connectivity index is 1.63. The third-order valence-corrected chi connectivity index (χ3v) is 11.6. The highest BCUT2D eigenvalue weighted by molar-refractivity contribution is 7.90. The van der Waals surface area contributed by atoms with Crippen LogP contribution in [0.3, 0.4) is 0 Å². The normalized spacial score (nSPS) is 20.3. The molecule has 2 aromatic heterocycles. The largest absolute Gasteiger partial charge is 0.458 e. The number of aromatic nitrogens is 2. The van der Waals surface area contributed by atoms with E-state index >= 15 is 0 Å². The fourth-order valence-corrected chi connectivity index (χ4v) is 8.32. The molecule has 2 atom stereocenters. The molecule has 1 saturated carbocycles. The van der Waals surface area contributed by atoms with Gasteiger partial charge in [0.1, 0.15) is 22.6 Å². The van der Waals surface area contributed by atoms with Gasteiger partial charge in [-0.15, -0.1) is 0 Å². The highest BCUT2D eigenvalue weighted by atomic mass is 35.5. The molecule has 12 heteroatoms. The predicted molar refractivity (Wildman–Crippen MR) is 194 cm³/mol. The third kappa shape index (κ3) is 7.47. The summed E-state index contributed by atoms with van der Waals surface area (Å²) in [5.41, 5.74) is 7.68. The second-order valence-corrected chi connectivity index (χ2v) is 17.9. The second-order valence-electron chi connectivity index (χ2n) is 15.4. The van der Waals surface area contributed by atoms with Crippen LogP contribution >= 0.6 is 23.2 Å². The minimum Gasteiger partial charge on any atom is -0.458 e. The van der Waals surface area contributed by atoms with Crippen LogP contribution in [0.5, 0.6) is 0 Å². The van der Waals surface area contributed by atoms with Crippen LogP contribution in [0, 0.1) is 35.5 Å². The number of amides is 1. The van der Waals surface area contributed by atoms with Crippen molar-refractivity contribution in [2.75, 3.05) is 5.73 Å². The molecular formula is C37H44Cl2N4O5S. The van der Waals surface area contributed by atoms with E-state index in [1.54, 1.807) is 36.4 Å². The molecule has 262 valence electrons. The summed E-state index contributed by atoms with van der Waals surface area (Å²) in [4.78, 5) is 32.3. The molecule has 2 aromatic carbocycles. The van der Waals surface area contributed by atoms with Crippen LogP contribution in [-0.2, 0) is 14.8 Å². The molecule has 4 aromatic rings. The molecule has 1 aliphatic carbocycles. The number of nitrogens with one attached hydrogen (secondary N) is 1. The Labute approximate surface area is 298 Å². The molecule has 0 radical (unpaired) electrons. The smallest absolute Gasteiger partial charge is 0.342 e. The first kappa shape index (κ1) is 36.7. The van der Waals surface area contributed by atoms with E-state index in [9.17, 15) is 18.0 Å². The van der Waals surface area contributed by atoms with Gasteiger partial charge in [0.25, 0.3) is 15.9 Å². The van der Waals surface area contributed by atoms with Gasteiger partial charge in [-0.25, -0.2) is 22.9 Å². The Morgan fingerprint density at radius 1 is 0.939 bits per heavy atom. The third-order valence-electron chi connectivity index (χ3n) is 9.59. The number of nitrogen functional groups attached to an aromatic ring is 1. The zero-order valence-electron chi connectivity index (χ0n) is 29.1. The molecule has 2 heterocycles. The van der Waals surface area contributed by atoms with Crippen molar-refractivity contribution >= 4 is 56.6 Å². The first-order valence-corrected chi connectivity index (χ1v) is 18.5. The zero-order valence-corrected chi connectivity index (χ0v) is 31.4. The zero-order chi connectivity index (χ0) is 36.2. The lowest BCUT2D eigenvalue weighted by atomic mass is 9.59. The number of anilines is 1. The molecule has 0 spiro atoms. The lowest BCUT2D eigenvalue weighted by Crippen LogP contribution is -2.49. The SMILES string of the molecule is Cc1ccc(S(=O)(=O)NC(=O)c2cn3c(Cl)c(-c4ccc(Cl)cc4)c(C(=O)OC4C(C(C)(C)C)CC(C)CC4C(C)(C)C)c3nc2N)cc1. The first-order chi connectivity index (χ1) is 22.7. The summed E-state index contributed by atoms with van der Waals surface area (Å²) in [5, 5.41) is 0.547. The van der Waals surface area contributed by atoms with Gasteiger partial charge in [-0.3, -0.25) is 9.20 Å². The summed E-state index contributed by atoms with van der Waals surface area (Å²) in [6, 6.07) is 12.9. The van der Waals surface area contributed by atoms with Crippen molar-refractivity contribution in [3.63, 3.8) is 0 Å². The van der Waals surface area contributed by atoms with E-state index in [1.165, 1.54) is 22.7 Å². The van der Waals surface area contributed by atoms with E-state index in [-0.39, 0.29) is 55.3 Å². The Morgan fingerprint density at radius 2 is 1.49 bits per heavy atom. The van der Waals surface area contributed by atoms with Crippen LogP contribution in [-0.4, -0.2) is 35.8 Å². The van der Waals surface area contributed by atoms with Gasteiger partial charge in [0.05, 0.1) is 10.5 Å². The number of halogens is 2. The molecule has 0 aliphatic heterocycles. The van der Waals surface area contributed by atoms with Crippen molar-refractivity contribution in [3.8, 4) is 11.1 Å². The molecule has 0 bridgehead atoms. The van der Waals surface area contributed by atoms with Crippen molar-refractivity contribution in [1.29, 1.82) is 0 Å². The highest BCUT2D eigenvalue weighted by Gasteiger charge is 2.48. The summed E-state index contributed by atoms with van der Waals surface area (Å²) in [7, 11) is -4.23. The van der Waals surface area contributed by atoms with Crippen LogP contribution < -0.4 is 10.5 Å². The minimum atomic E-state index is -4.23. The molecular weight excluding hydrogens is 683 g/mol. The maximum Gasteiger partial charge on any atom is 0.342 e.